The van der Waals surface area contributed by atoms with Gasteiger partial charge >= 0.3 is 0 Å². The van der Waals surface area contributed by atoms with E-state index >= 15 is 0 Å². The van der Waals surface area contributed by atoms with Crippen LogP contribution in [0.15, 0.2) is 65.3 Å². The number of piperidine rings is 1. The Morgan fingerprint density at radius 2 is 1.91 bits per heavy atom. The first kappa shape index (κ1) is 23.2. The van der Waals surface area contributed by atoms with Gasteiger partial charge in [-0.25, -0.2) is 0 Å². The van der Waals surface area contributed by atoms with E-state index in [4.69, 9.17) is 9.15 Å². The average Bonchev–Trinajstić information content (AvgIpc) is 3.32. The molecule has 0 spiro atoms. The number of fused-ring (bicyclic) bond motifs is 2. The fourth-order valence-corrected chi connectivity index (χ4v) is 5.60. The van der Waals surface area contributed by atoms with Crippen LogP contribution < -0.4 is 4.74 Å². The van der Waals surface area contributed by atoms with E-state index in [1.165, 1.54) is 17.2 Å². The Balaban J connectivity index is 1.63. The van der Waals surface area contributed by atoms with Gasteiger partial charge in [0.25, 0.3) is 0 Å². The van der Waals surface area contributed by atoms with Gasteiger partial charge in [0, 0.05) is 40.7 Å². The molecule has 1 saturated heterocycles. The lowest BCUT2D eigenvalue weighted by Gasteiger charge is -2.34. The molecule has 4 nitrogen and oxygen atoms in total. The summed E-state index contributed by atoms with van der Waals surface area (Å²) >= 11 is 0. The minimum atomic E-state index is 0.0929. The van der Waals surface area contributed by atoms with Crippen LogP contribution in [0.4, 0.5) is 0 Å². The van der Waals surface area contributed by atoms with Gasteiger partial charge in [0.15, 0.2) is 0 Å². The number of hydrogen-bond donors (Lipinski definition) is 0. The molecule has 0 aliphatic carbocycles. The van der Waals surface area contributed by atoms with E-state index < -0.39 is 0 Å². The molecule has 35 heavy (non-hydrogen) atoms. The molecule has 0 radical (unpaired) electrons. The highest BCUT2D eigenvalue weighted by molar-refractivity contribution is 6.07. The predicted molar refractivity (Wildman–Crippen MR) is 144 cm³/mol. The number of nitrogens with zero attached hydrogens (tertiary/aromatic N) is 1. The molecule has 0 bridgehead atoms. The van der Waals surface area contributed by atoms with Gasteiger partial charge in [0.2, 0.25) is 5.91 Å². The van der Waals surface area contributed by atoms with E-state index in [2.05, 4.69) is 55.5 Å². The van der Waals surface area contributed by atoms with Gasteiger partial charge in [0.05, 0.1) is 13.4 Å². The quantitative estimate of drug-likeness (QED) is 0.282. The molecule has 1 aliphatic rings. The van der Waals surface area contributed by atoms with Crippen LogP contribution in [0.2, 0.25) is 0 Å². The molecule has 5 rings (SSSR count). The van der Waals surface area contributed by atoms with E-state index in [9.17, 15) is 4.79 Å². The number of aryl methyl sites for hydroxylation is 1. The zero-order valence-corrected chi connectivity index (χ0v) is 21.1. The minimum absolute atomic E-state index is 0.0929. The molecule has 2 heterocycles. The van der Waals surface area contributed by atoms with E-state index in [1.807, 2.05) is 25.0 Å². The second kappa shape index (κ2) is 9.61. The molecule has 1 fully saturated rings. The summed E-state index contributed by atoms with van der Waals surface area (Å²) in [6.07, 6.45) is 7.99. The smallest absolute Gasteiger partial charge is 0.247 e. The molecule has 1 atom stereocenters. The molecule has 4 heteroatoms. The van der Waals surface area contributed by atoms with Gasteiger partial charge in [-0.05, 0) is 67.5 Å². The molecule has 1 aromatic heterocycles. The summed E-state index contributed by atoms with van der Waals surface area (Å²) in [5, 5.41) is 3.41. The monoisotopic (exact) mass is 467 g/mol. The second-order valence-electron chi connectivity index (χ2n) is 9.55. The number of carbonyl (C=O) groups is 1. The Kier molecular flexibility index (Phi) is 6.38. The Labute approximate surface area is 207 Å². The summed E-state index contributed by atoms with van der Waals surface area (Å²) < 4.78 is 11.9. The SMILES string of the molecule is CCC1CCCCN1C(=O)/C=C(\C)c1cc2c(-c3cccc4ccccc34)coc2c(C)c1OC. The molecule has 1 unspecified atom stereocenters. The van der Waals surface area contributed by atoms with Gasteiger partial charge < -0.3 is 14.1 Å². The summed E-state index contributed by atoms with van der Waals surface area (Å²) in [5.74, 6) is 0.846. The first-order valence-corrected chi connectivity index (χ1v) is 12.6. The van der Waals surface area contributed by atoms with Crippen molar-refractivity contribution in [2.24, 2.45) is 0 Å². The molecule has 180 valence electrons. The van der Waals surface area contributed by atoms with Gasteiger partial charge in [-0.15, -0.1) is 0 Å². The molecular weight excluding hydrogens is 434 g/mol. The molecule has 4 aromatic rings. The second-order valence-corrected chi connectivity index (χ2v) is 9.55. The molecule has 0 saturated carbocycles. The van der Waals surface area contributed by atoms with Crippen molar-refractivity contribution in [2.75, 3.05) is 13.7 Å². The van der Waals surface area contributed by atoms with E-state index in [-0.39, 0.29) is 5.91 Å². The summed E-state index contributed by atoms with van der Waals surface area (Å²) in [4.78, 5) is 15.3. The van der Waals surface area contributed by atoms with Crippen LogP contribution in [0.5, 0.6) is 5.75 Å². The Morgan fingerprint density at radius 3 is 2.71 bits per heavy atom. The van der Waals surface area contributed by atoms with Crippen LogP contribution in [0, 0.1) is 6.92 Å². The van der Waals surface area contributed by atoms with E-state index in [0.29, 0.717) is 6.04 Å². The van der Waals surface area contributed by atoms with E-state index in [0.717, 1.165) is 70.4 Å². The predicted octanol–water partition coefficient (Wildman–Crippen LogP) is 7.76. The fraction of sp³-hybridized carbons (Fsp3) is 0.323. The largest absolute Gasteiger partial charge is 0.496 e. The van der Waals surface area contributed by atoms with Crippen molar-refractivity contribution in [1.29, 1.82) is 0 Å². The van der Waals surface area contributed by atoms with Crippen LogP contribution >= 0.6 is 0 Å². The van der Waals surface area contributed by atoms with Crippen LogP contribution in [-0.2, 0) is 4.79 Å². The molecule has 1 aliphatic heterocycles. The number of amides is 1. The number of allylic oxidation sites excluding steroid dienone is 1. The van der Waals surface area contributed by atoms with Crippen LogP contribution in [0.3, 0.4) is 0 Å². The Hall–Kier alpha value is -3.53. The first-order chi connectivity index (χ1) is 17.0. The Morgan fingerprint density at radius 1 is 1.11 bits per heavy atom. The summed E-state index contributed by atoms with van der Waals surface area (Å²) in [6, 6.07) is 17.2. The van der Waals surface area contributed by atoms with Gasteiger partial charge in [0.1, 0.15) is 11.3 Å². The van der Waals surface area contributed by atoms with Crippen molar-refractivity contribution in [3.8, 4) is 16.9 Å². The number of likely N-dealkylation sites (tertiary alicyclic amines) is 1. The molecule has 1 amide bonds. The lowest BCUT2D eigenvalue weighted by Crippen LogP contribution is -2.42. The highest BCUT2D eigenvalue weighted by Gasteiger charge is 2.25. The maximum atomic E-state index is 13.3. The third kappa shape index (κ3) is 4.12. The number of methoxy groups -OCH3 is 1. The third-order valence-corrected chi connectivity index (χ3v) is 7.47. The highest BCUT2D eigenvalue weighted by atomic mass is 16.5. The standard InChI is InChI=1S/C31H33NO3/c1-5-23-13-8-9-16-32(23)29(33)17-20(2)26-18-27-28(19-35-31(27)21(3)30(26)34-4)25-15-10-12-22-11-6-7-14-24(22)25/h6-7,10-12,14-15,17-19,23H,5,8-9,13,16H2,1-4H3/b20-17+. The van der Waals surface area contributed by atoms with Crippen LogP contribution in [0.1, 0.15) is 50.7 Å². The van der Waals surface area contributed by atoms with Crippen molar-refractivity contribution >= 4 is 33.2 Å². The van der Waals surface area contributed by atoms with Crippen molar-refractivity contribution in [2.45, 2.75) is 52.5 Å². The van der Waals surface area contributed by atoms with Crippen molar-refractivity contribution in [3.63, 3.8) is 0 Å². The van der Waals surface area contributed by atoms with Gasteiger partial charge in [-0.1, -0.05) is 49.4 Å². The first-order valence-electron chi connectivity index (χ1n) is 12.6. The summed E-state index contributed by atoms with van der Waals surface area (Å²) in [6.45, 7) is 7.03. The third-order valence-electron chi connectivity index (χ3n) is 7.47. The molecular formula is C31H33NO3. The molecule has 3 aromatic carbocycles. The van der Waals surface area contributed by atoms with E-state index in [1.54, 1.807) is 13.2 Å². The number of benzene rings is 3. The number of rotatable bonds is 5. The number of ether oxygens (including phenoxy) is 1. The zero-order valence-electron chi connectivity index (χ0n) is 21.1. The van der Waals surface area contributed by atoms with Crippen LogP contribution in [-0.4, -0.2) is 30.5 Å². The van der Waals surface area contributed by atoms with Crippen molar-refractivity contribution in [3.05, 3.63) is 72.0 Å². The van der Waals surface area contributed by atoms with Crippen molar-refractivity contribution in [1.82, 2.24) is 4.90 Å². The highest BCUT2D eigenvalue weighted by Crippen LogP contribution is 2.42. The topological polar surface area (TPSA) is 42.7 Å². The number of furan rings is 1. The van der Waals surface area contributed by atoms with Gasteiger partial charge in [-0.2, -0.15) is 0 Å². The Bertz CT molecular complexity index is 1420. The summed E-state index contributed by atoms with van der Waals surface area (Å²) in [5.41, 5.74) is 5.77. The minimum Gasteiger partial charge on any atom is -0.496 e. The zero-order chi connectivity index (χ0) is 24.5. The van der Waals surface area contributed by atoms with Crippen LogP contribution in [0.25, 0.3) is 38.4 Å². The van der Waals surface area contributed by atoms with Gasteiger partial charge in [-0.3, -0.25) is 4.79 Å². The van der Waals surface area contributed by atoms with Crippen molar-refractivity contribution < 1.29 is 13.9 Å². The maximum Gasteiger partial charge on any atom is 0.247 e. The maximum absolute atomic E-state index is 13.3. The fourth-order valence-electron chi connectivity index (χ4n) is 5.60. The molecule has 0 N–H and O–H groups in total. The lowest BCUT2D eigenvalue weighted by molar-refractivity contribution is -0.129. The summed E-state index contributed by atoms with van der Waals surface area (Å²) in [7, 11) is 1.68. The normalized spacial score (nSPS) is 16.7. The lowest BCUT2D eigenvalue weighted by atomic mass is 9.94. The average molecular weight is 468 g/mol. The number of carbonyl (C=O) groups excluding carboxylic acids is 1. The number of hydrogen-bond acceptors (Lipinski definition) is 3.